The van der Waals surface area contributed by atoms with E-state index >= 15 is 0 Å². The Morgan fingerprint density at radius 3 is 2.53 bits per heavy atom. The van der Waals surface area contributed by atoms with Crippen molar-refractivity contribution in [2.24, 2.45) is 0 Å². The lowest BCUT2D eigenvalue weighted by Gasteiger charge is -2.22. The van der Waals surface area contributed by atoms with Crippen molar-refractivity contribution in [2.45, 2.75) is 38.4 Å². The van der Waals surface area contributed by atoms with Crippen molar-refractivity contribution in [3.05, 3.63) is 34.0 Å². The Kier molecular flexibility index (Phi) is 7.82. The molecule has 13 nitrogen and oxygen atoms in total. The highest BCUT2D eigenvalue weighted by Gasteiger charge is 2.52. The molecule has 0 saturated carbocycles. The minimum atomic E-state index is -1.68. The Labute approximate surface area is 196 Å². The van der Waals surface area contributed by atoms with Crippen molar-refractivity contribution in [2.75, 3.05) is 13.7 Å². The molecular weight excluding hydrogens is 474 g/mol. The van der Waals surface area contributed by atoms with Crippen LogP contribution in [0, 0.1) is 11.8 Å². The van der Waals surface area contributed by atoms with Crippen molar-refractivity contribution < 1.29 is 48.0 Å². The van der Waals surface area contributed by atoms with Gasteiger partial charge in [0.15, 0.2) is 18.4 Å². The fraction of sp³-hybridized carbons (Fsp3) is 0.400. The van der Waals surface area contributed by atoms with Crippen LogP contribution in [0.4, 0.5) is 4.79 Å². The summed E-state index contributed by atoms with van der Waals surface area (Å²) in [6.45, 7) is 1.85. The van der Waals surface area contributed by atoms with Gasteiger partial charge in [0.2, 0.25) is 5.82 Å². The predicted octanol–water partition coefficient (Wildman–Crippen LogP) is 0.981. The summed E-state index contributed by atoms with van der Waals surface area (Å²) in [5.74, 6) is 2.90. The van der Waals surface area contributed by atoms with Crippen molar-refractivity contribution in [3.63, 3.8) is 0 Å². The number of carboxylic acid groups (broad SMARTS) is 1. The highest BCUT2D eigenvalue weighted by atomic mass is 32.1. The van der Waals surface area contributed by atoms with Gasteiger partial charge in [-0.05, 0) is 17.4 Å². The zero-order chi connectivity index (χ0) is 24.8. The highest BCUT2D eigenvalue weighted by molar-refractivity contribution is 7.08. The molecule has 0 bridgehead atoms. The number of ether oxygens (including phenoxy) is 5. The smallest absolute Gasteiger partial charge is 0.463 e. The summed E-state index contributed by atoms with van der Waals surface area (Å²) in [5.41, 5.74) is 0.669. The molecule has 1 fully saturated rings. The molecule has 1 N–H and O–H groups in total. The average Bonchev–Trinajstić information content (AvgIpc) is 3.50. The highest BCUT2D eigenvalue weighted by Crippen LogP contribution is 2.34. The molecule has 2 aromatic rings. The minimum Gasteiger partial charge on any atom is -0.463 e. The summed E-state index contributed by atoms with van der Waals surface area (Å²) in [4.78, 5) is 50.5. The van der Waals surface area contributed by atoms with Gasteiger partial charge in [0.1, 0.15) is 12.7 Å². The van der Waals surface area contributed by atoms with Crippen LogP contribution in [-0.2, 0) is 33.3 Å². The maximum atomic E-state index is 12.0. The SMILES string of the molecule is COC(=O)c1nc(C#Cc2ccsc2)n(C2OC(COC(C)=O)[C@H](OC(=O)O)[C@@H]2OC(C)=O)n1. The molecular formula is C20H19N3O10S. The van der Waals surface area contributed by atoms with Gasteiger partial charge >= 0.3 is 24.1 Å². The quantitative estimate of drug-likeness (QED) is 0.345. The first-order chi connectivity index (χ1) is 16.2. The Balaban J connectivity index is 2.06. The van der Waals surface area contributed by atoms with Gasteiger partial charge in [-0.15, -0.1) is 5.10 Å². The Hall–Kier alpha value is -3.96. The summed E-state index contributed by atoms with van der Waals surface area (Å²) in [6.07, 6.45) is -6.94. The molecule has 0 radical (unpaired) electrons. The second kappa shape index (κ2) is 10.8. The van der Waals surface area contributed by atoms with Gasteiger partial charge in [-0.2, -0.15) is 16.3 Å². The largest absolute Gasteiger partial charge is 0.506 e. The second-order valence-electron chi connectivity index (χ2n) is 6.75. The fourth-order valence-corrected chi connectivity index (χ4v) is 3.63. The number of hydrogen-bond acceptors (Lipinski definition) is 12. The molecule has 2 aromatic heterocycles. The van der Waals surface area contributed by atoms with E-state index < -0.39 is 55.2 Å². The predicted molar refractivity (Wildman–Crippen MR) is 111 cm³/mol. The summed E-state index contributed by atoms with van der Waals surface area (Å²) in [5, 5.41) is 16.9. The molecule has 0 amide bonds. The molecule has 0 spiro atoms. The Bertz CT molecular complexity index is 1130. The average molecular weight is 493 g/mol. The van der Waals surface area contributed by atoms with E-state index in [0.29, 0.717) is 5.56 Å². The first-order valence-electron chi connectivity index (χ1n) is 9.64. The van der Waals surface area contributed by atoms with E-state index in [1.807, 2.05) is 5.38 Å². The lowest BCUT2D eigenvalue weighted by molar-refractivity contribution is -0.157. The summed E-state index contributed by atoms with van der Waals surface area (Å²) >= 11 is 1.42. The van der Waals surface area contributed by atoms with Crippen LogP contribution in [0.3, 0.4) is 0 Å². The van der Waals surface area contributed by atoms with Crippen LogP contribution in [-0.4, -0.2) is 76.0 Å². The van der Waals surface area contributed by atoms with E-state index in [1.54, 1.807) is 11.4 Å². The van der Waals surface area contributed by atoms with Gasteiger partial charge in [-0.1, -0.05) is 5.92 Å². The van der Waals surface area contributed by atoms with Crippen molar-refractivity contribution in [1.82, 2.24) is 14.8 Å². The summed E-state index contributed by atoms with van der Waals surface area (Å²) in [6, 6.07) is 1.76. The molecule has 34 heavy (non-hydrogen) atoms. The van der Waals surface area contributed by atoms with E-state index in [2.05, 4.69) is 26.7 Å². The van der Waals surface area contributed by atoms with Gasteiger partial charge < -0.3 is 28.8 Å². The third-order valence-electron chi connectivity index (χ3n) is 4.36. The fourth-order valence-electron chi connectivity index (χ4n) is 3.04. The first kappa shape index (κ1) is 24.7. The van der Waals surface area contributed by atoms with Crippen LogP contribution in [0.2, 0.25) is 0 Å². The molecule has 14 heteroatoms. The van der Waals surface area contributed by atoms with Crippen molar-refractivity contribution in [3.8, 4) is 11.8 Å². The monoisotopic (exact) mass is 493 g/mol. The van der Waals surface area contributed by atoms with Gasteiger partial charge in [0, 0.05) is 24.8 Å². The van der Waals surface area contributed by atoms with Gasteiger partial charge in [-0.25, -0.2) is 14.3 Å². The van der Waals surface area contributed by atoms with Crippen molar-refractivity contribution in [1.29, 1.82) is 0 Å². The van der Waals surface area contributed by atoms with Crippen LogP contribution in [0.15, 0.2) is 16.8 Å². The molecule has 1 saturated heterocycles. The number of esters is 3. The lowest BCUT2D eigenvalue weighted by atomic mass is 10.1. The molecule has 0 aromatic carbocycles. The number of nitrogens with zero attached hydrogens (tertiary/aromatic N) is 3. The molecule has 1 aliphatic heterocycles. The molecule has 1 aliphatic rings. The van der Waals surface area contributed by atoms with E-state index in [9.17, 15) is 24.3 Å². The van der Waals surface area contributed by atoms with E-state index in [0.717, 1.165) is 25.6 Å². The topological polar surface area (TPSA) is 165 Å². The second-order valence-corrected chi connectivity index (χ2v) is 7.53. The Morgan fingerprint density at radius 1 is 1.18 bits per heavy atom. The third kappa shape index (κ3) is 5.88. The zero-order valence-corrected chi connectivity index (χ0v) is 18.9. The molecule has 180 valence electrons. The number of hydrogen-bond donors (Lipinski definition) is 1. The van der Waals surface area contributed by atoms with Gasteiger partial charge in [0.25, 0.3) is 5.82 Å². The Morgan fingerprint density at radius 2 is 1.94 bits per heavy atom. The minimum absolute atomic E-state index is 0.0593. The number of methoxy groups -OCH3 is 1. The van der Waals surface area contributed by atoms with E-state index in [1.165, 1.54) is 11.3 Å². The van der Waals surface area contributed by atoms with E-state index in [4.69, 9.17) is 18.9 Å². The molecule has 4 atom stereocenters. The van der Waals surface area contributed by atoms with Crippen LogP contribution in [0.5, 0.6) is 0 Å². The van der Waals surface area contributed by atoms with Crippen LogP contribution < -0.4 is 0 Å². The molecule has 3 heterocycles. The van der Waals surface area contributed by atoms with Gasteiger partial charge in [0.05, 0.1) is 7.11 Å². The number of aromatic nitrogens is 3. The first-order valence-corrected chi connectivity index (χ1v) is 10.6. The summed E-state index contributed by atoms with van der Waals surface area (Å²) < 4.78 is 26.7. The molecule has 3 rings (SSSR count). The number of thiophene rings is 1. The standard InChI is InChI=1S/C20H19N3O10S/c1-10(24)30-8-13-15(33-20(27)28)16(31-11(2)25)18(32-13)23-14(5-4-12-6-7-34-9-12)21-17(22-23)19(26)29-3/h6-7,9,13,15-16,18H,8H2,1-3H3,(H,27,28)/t13?,15-,16-,18?/m0/s1. The molecule has 0 aliphatic carbocycles. The maximum absolute atomic E-state index is 12.0. The van der Waals surface area contributed by atoms with Crippen LogP contribution in [0.25, 0.3) is 0 Å². The maximum Gasteiger partial charge on any atom is 0.506 e. The number of carbonyl (C=O) groups excluding carboxylic acids is 3. The normalized spacial score (nSPS) is 21.1. The van der Waals surface area contributed by atoms with Crippen molar-refractivity contribution >= 4 is 35.4 Å². The number of rotatable bonds is 6. The van der Waals surface area contributed by atoms with Gasteiger partial charge in [-0.3, -0.25) is 9.59 Å². The zero-order valence-electron chi connectivity index (χ0n) is 18.1. The number of carbonyl (C=O) groups is 4. The lowest BCUT2D eigenvalue weighted by Crippen LogP contribution is -2.41. The van der Waals surface area contributed by atoms with E-state index in [-0.39, 0.29) is 11.6 Å². The van der Waals surface area contributed by atoms with Crippen LogP contribution in [0.1, 0.15) is 42.1 Å². The molecule has 2 unspecified atom stereocenters. The summed E-state index contributed by atoms with van der Waals surface area (Å²) in [7, 11) is 1.14. The van der Waals surface area contributed by atoms with Crippen LogP contribution >= 0.6 is 11.3 Å². The third-order valence-corrected chi connectivity index (χ3v) is 5.04.